The van der Waals surface area contributed by atoms with Crippen LogP contribution in [0, 0.1) is 6.92 Å². The van der Waals surface area contributed by atoms with Crippen LogP contribution < -0.4 is 9.62 Å². The lowest BCUT2D eigenvalue weighted by Crippen LogP contribution is -2.52. The van der Waals surface area contributed by atoms with Crippen molar-refractivity contribution in [1.82, 2.24) is 10.2 Å². The number of amides is 2. The molecule has 208 valence electrons. The molecule has 0 bridgehead atoms. The molecule has 3 aromatic rings. The first kappa shape index (κ1) is 30.7. The van der Waals surface area contributed by atoms with E-state index >= 15 is 0 Å². The van der Waals surface area contributed by atoms with E-state index in [1.54, 1.807) is 50.2 Å². The average molecular weight is 635 g/mol. The Balaban J connectivity index is 2.06. The van der Waals surface area contributed by atoms with Gasteiger partial charge in [-0.05, 0) is 74.7 Å². The number of anilines is 1. The molecule has 0 aliphatic heterocycles. The molecule has 2 amide bonds. The molecule has 0 spiro atoms. The van der Waals surface area contributed by atoms with E-state index in [0.29, 0.717) is 16.3 Å². The number of sulfonamides is 1. The summed E-state index contributed by atoms with van der Waals surface area (Å²) < 4.78 is 29.6. The lowest BCUT2D eigenvalue weighted by molar-refractivity contribution is -0.139. The Kier molecular flexibility index (Phi) is 10.6. The van der Waals surface area contributed by atoms with E-state index < -0.39 is 28.5 Å². The standard InChI is InChI=1S/C29H33BrClN3O4S/c1-5-20(2)32-29(36)22(4)33(18-23-11-9-12-24(30)17-23)28(35)19-34(27-16-10-15-26(31)21(27)3)39(37,38)25-13-7-6-8-14-25/h6-17,20,22H,5,18-19H2,1-4H3,(H,32,36)/t20-,22-/m0/s1. The molecular weight excluding hydrogens is 602 g/mol. The molecule has 1 N–H and O–H groups in total. The van der Waals surface area contributed by atoms with Crippen LogP contribution in [0.2, 0.25) is 5.02 Å². The Morgan fingerprint density at radius 3 is 2.31 bits per heavy atom. The third-order valence-electron chi connectivity index (χ3n) is 6.53. The first-order valence-electron chi connectivity index (χ1n) is 12.6. The Bertz CT molecular complexity index is 1420. The molecule has 2 atom stereocenters. The summed E-state index contributed by atoms with van der Waals surface area (Å²) in [7, 11) is -4.15. The van der Waals surface area contributed by atoms with Gasteiger partial charge in [-0.3, -0.25) is 13.9 Å². The molecule has 3 aromatic carbocycles. The molecule has 0 saturated carbocycles. The third kappa shape index (κ3) is 7.62. The van der Waals surface area contributed by atoms with Crippen molar-refractivity contribution in [3.63, 3.8) is 0 Å². The Hall–Kier alpha value is -2.88. The topological polar surface area (TPSA) is 86.8 Å². The predicted molar refractivity (Wildman–Crippen MR) is 159 cm³/mol. The van der Waals surface area contributed by atoms with Gasteiger partial charge in [-0.15, -0.1) is 0 Å². The smallest absolute Gasteiger partial charge is 0.264 e. The Morgan fingerprint density at radius 1 is 1.00 bits per heavy atom. The largest absolute Gasteiger partial charge is 0.352 e. The fourth-order valence-electron chi connectivity index (χ4n) is 3.98. The molecule has 0 radical (unpaired) electrons. The maximum absolute atomic E-state index is 14.0. The van der Waals surface area contributed by atoms with Gasteiger partial charge in [0.1, 0.15) is 12.6 Å². The minimum absolute atomic E-state index is 0.0401. The number of hydrogen-bond donors (Lipinski definition) is 1. The van der Waals surface area contributed by atoms with E-state index in [9.17, 15) is 18.0 Å². The number of carbonyl (C=O) groups is 2. The van der Waals surface area contributed by atoms with Gasteiger partial charge >= 0.3 is 0 Å². The highest BCUT2D eigenvalue weighted by molar-refractivity contribution is 9.10. The molecule has 39 heavy (non-hydrogen) atoms. The van der Waals surface area contributed by atoms with E-state index in [1.165, 1.54) is 17.0 Å². The highest BCUT2D eigenvalue weighted by Gasteiger charge is 2.33. The van der Waals surface area contributed by atoms with E-state index in [2.05, 4.69) is 21.2 Å². The SMILES string of the molecule is CC[C@H](C)NC(=O)[C@H](C)N(Cc1cccc(Br)c1)C(=O)CN(c1cccc(Cl)c1C)S(=O)(=O)c1ccccc1. The van der Waals surface area contributed by atoms with E-state index in [4.69, 9.17) is 11.6 Å². The van der Waals surface area contributed by atoms with Crippen LogP contribution >= 0.6 is 27.5 Å². The van der Waals surface area contributed by atoms with E-state index in [-0.39, 0.29) is 23.4 Å². The zero-order valence-corrected chi connectivity index (χ0v) is 25.6. The van der Waals surface area contributed by atoms with Crippen LogP contribution in [0.15, 0.2) is 82.2 Å². The van der Waals surface area contributed by atoms with Crippen LogP contribution in [0.1, 0.15) is 38.3 Å². The summed E-state index contributed by atoms with van der Waals surface area (Å²) in [5.74, 6) is -0.843. The highest BCUT2D eigenvalue weighted by Crippen LogP contribution is 2.31. The molecule has 10 heteroatoms. The lowest BCUT2D eigenvalue weighted by Gasteiger charge is -2.33. The van der Waals surface area contributed by atoms with Crippen LogP contribution in [0.5, 0.6) is 0 Å². The van der Waals surface area contributed by atoms with Crippen molar-refractivity contribution in [3.05, 3.63) is 93.4 Å². The van der Waals surface area contributed by atoms with Gasteiger partial charge in [-0.1, -0.05) is 70.9 Å². The van der Waals surface area contributed by atoms with Crippen LogP contribution in [-0.4, -0.2) is 43.8 Å². The number of carbonyl (C=O) groups excluding carboxylic acids is 2. The molecule has 3 rings (SSSR count). The molecular formula is C29H33BrClN3O4S. The summed E-state index contributed by atoms with van der Waals surface area (Å²) in [4.78, 5) is 28.6. The first-order chi connectivity index (χ1) is 18.4. The van der Waals surface area contributed by atoms with Crippen molar-refractivity contribution in [2.24, 2.45) is 0 Å². The second-order valence-electron chi connectivity index (χ2n) is 9.35. The minimum Gasteiger partial charge on any atom is -0.352 e. The molecule has 0 unspecified atom stereocenters. The maximum atomic E-state index is 14.0. The van der Waals surface area contributed by atoms with Gasteiger partial charge in [0.15, 0.2) is 0 Å². The van der Waals surface area contributed by atoms with E-state index in [1.807, 2.05) is 38.1 Å². The van der Waals surface area contributed by atoms with Gasteiger partial charge in [0, 0.05) is 22.1 Å². The van der Waals surface area contributed by atoms with Crippen LogP contribution in [0.3, 0.4) is 0 Å². The molecule has 0 saturated heterocycles. The summed E-state index contributed by atoms with van der Waals surface area (Å²) in [5.41, 5.74) is 1.60. The zero-order chi connectivity index (χ0) is 28.7. The van der Waals surface area contributed by atoms with Crippen molar-refractivity contribution in [2.75, 3.05) is 10.8 Å². The molecule has 0 aliphatic rings. The number of benzene rings is 3. The van der Waals surface area contributed by atoms with E-state index in [0.717, 1.165) is 20.8 Å². The minimum atomic E-state index is -4.15. The van der Waals surface area contributed by atoms with Crippen LogP contribution in [-0.2, 0) is 26.2 Å². The first-order valence-corrected chi connectivity index (χ1v) is 15.2. The number of halogens is 2. The fraction of sp³-hybridized carbons (Fsp3) is 0.310. The summed E-state index contributed by atoms with van der Waals surface area (Å²) >= 11 is 9.81. The monoisotopic (exact) mass is 633 g/mol. The number of rotatable bonds is 11. The maximum Gasteiger partial charge on any atom is 0.264 e. The number of nitrogens with zero attached hydrogens (tertiary/aromatic N) is 2. The predicted octanol–water partition coefficient (Wildman–Crippen LogP) is 5.94. The van der Waals surface area contributed by atoms with Crippen molar-refractivity contribution >= 4 is 55.1 Å². The average Bonchev–Trinajstić information content (AvgIpc) is 2.92. The molecule has 7 nitrogen and oxygen atoms in total. The Morgan fingerprint density at radius 2 is 1.67 bits per heavy atom. The summed E-state index contributed by atoms with van der Waals surface area (Å²) in [6.45, 7) is 6.79. The van der Waals surface area contributed by atoms with Gasteiger partial charge in [0.05, 0.1) is 10.6 Å². The summed E-state index contributed by atoms with van der Waals surface area (Å²) in [5, 5.41) is 3.30. The van der Waals surface area contributed by atoms with Crippen LogP contribution in [0.25, 0.3) is 0 Å². The second kappa shape index (κ2) is 13.5. The van der Waals surface area contributed by atoms with Gasteiger partial charge in [-0.2, -0.15) is 0 Å². The fourth-order valence-corrected chi connectivity index (χ4v) is 6.09. The molecule has 0 aliphatic carbocycles. The molecule has 0 heterocycles. The normalized spacial score (nSPS) is 12.9. The molecule has 0 aromatic heterocycles. The van der Waals surface area contributed by atoms with Gasteiger partial charge in [0.2, 0.25) is 11.8 Å². The van der Waals surface area contributed by atoms with Crippen LogP contribution in [0.4, 0.5) is 5.69 Å². The summed E-state index contributed by atoms with van der Waals surface area (Å²) in [6.07, 6.45) is 0.731. The van der Waals surface area contributed by atoms with Gasteiger partial charge < -0.3 is 10.2 Å². The highest BCUT2D eigenvalue weighted by atomic mass is 79.9. The third-order valence-corrected chi connectivity index (χ3v) is 9.20. The van der Waals surface area contributed by atoms with Crippen molar-refractivity contribution in [2.45, 2.75) is 57.6 Å². The quantitative estimate of drug-likeness (QED) is 0.283. The second-order valence-corrected chi connectivity index (χ2v) is 12.5. The van der Waals surface area contributed by atoms with Gasteiger partial charge in [0.25, 0.3) is 10.0 Å². The summed E-state index contributed by atoms with van der Waals surface area (Å²) in [6, 6.07) is 19.3. The van der Waals surface area contributed by atoms with Gasteiger partial charge in [-0.25, -0.2) is 8.42 Å². The van der Waals surface area contributed by atoms with Crippen molar-refractivity contribution in [1.29, 1.82) is 0 Å². The molecule has 0 fully saturated rings. The van der Waals surface area contributed by atoms with Crippen molar-refractivity contribution in [3.8, 4) is 0 Å². The Labute approximate surface area is 244 Å². The zero-order valence-electron chi connectivity index (χ0n) is 22.4. The van der Waals surface area contributed by atoms with Crippen molar-refractivity contribution < 1.29 is 18.0 Å². The number of nitrogens with one attached hydrogen (secondary N) is 1. The number of hydrogen-bond acceptors (Lipinski definition) is 4. The lowest BCUT2D eigenvalue weighted by atomic mass is 10.1.